The van der Waals surface area contributed by atoms with Crippen LogP contribution in [0.1, 0.15) is 27.7 Å². The average Bonchev–Trinajstić information content (AvgIpc) is 1.81. The van der Waals surface area contributed by atoms with Crippen LogP contribution in [0.15, 0.2) is 0 Å². The molecule has 0 bridgehead atoms. The van der Waals surface area contributed by atoms with Crippen LogP contribution in [0.25, 0.3) is 0 Å². The Labute approximate surface area is 100 Å². The van der Waals surface area contributed by atoms with Crippen molar-refractivity contribution in [1.82, 2.24) is 0 Å². The van der Waals surface area contributed by atoms with Crippen molar-refractivity contribution in [3.05, 3.63) is 7.43 Å². The van der Waals surface area contributed by atoms with E-state index < -0.39 is 0 Å². The molecule has 0 saturated carbocycles. The zero-order chi connectivity index (χ0) is 7.12. The first kappa shape index (κ1) is 23.9. The number of hydrogen-bond acceptors (Lipinski definition) is 2. The summed E-state index contributed by atoms with van der Waals surface area (Å²) in [5.74, 6) is 0. The van der Waals surface area contributed by atoms with E-state index in [1.165, 1.54) is 7.69 Å². The van der Waals surface area contributed by atoms with Crippen LogP contribution in [0.2, 0.25) is 0 Å². The quantitative estimate of drug-likeness (QED) is 0.380. The van der Waals surface area contributed by atoms with E-state index in [1.54, 1.807) is 0 Å². The summed E-state index contributed by atoms with van der Waals surface area (Å²) < 4.78 is 10.4. The zero-order valence-electron chi connectivity index (χ0n) is 9.11. The summed E-state index contributed by atoms with van der Waals surface area (Å²) >= 11 is 0. The largest absolute Gasteiger partial charge is 1.00 e. The summed E-state index contributed by atoms with van der Waals surface area (Å²) in [6, 6.07) is 0. The van der Waals surface area contributed by atoms with Crippen LogP contribution in [0.5, 0.6) is 0 Å². The van der Waals surface area contributed by atoms with Crippen LogP contribution in [0.3, 0.4) is 0 Å². The molecule has 1 fully saturated rings. The van der Waals surface area contributed by atoms with Gasteiger partial charge in [0, 0.05) is 0 Å². The smallest absolute Gasteiger partial charge is 0.405 e. The molecule has 0 amide bonds. The molecule has 1 radical (unpaired) electrons. The van der Waals surface area contributed by atoms with Crippen LogP contribution in [-0.4, -0.2) is 18.9 Å². The van der Waals surface area contributed by atoms with E-state index in [0.717, 1.165) is 0 Å². The summed E-state index contributed by atoms with van der Waals surface area (Å²) in [5, 5.41) is 0. The molecular weight excluding hydrogens is 252 g/mol. The van der Waals surface area contributed by atoms with Gasteiger partial charge in [-0.1, -0.05) is 0 Å². The van der Waals surface area contributed by atoms with Gasteiger partial charge in [-0.2, -0.15) is 19.8 Å². The first-order valence-corrected chi connectivity index (χ1v) is 3.13. The molecule has 85 valence electrons. The fourth-order valence-electron chi connectivity index (χ4n) is 0.548. The molecule has 2 unspecified atom stereocenters. The molecule has 2 atom stereocenters. The molecule has 1 rings (SSSR count). The summed E-state index contributed by atoms with van der Waals surface area (Å²) in [5.41, 5.74) is -0.375. The maximum Gasteiger partial charge on any atom is 1.00 e. The van der Waals surface area contributed by atoms with Gasteiger partial charge in [-0.05, 0) is 27.7 Å². The predicted octanol–water partition coefficient (Wildman–Crippen LogP) is 1.69. The number of hydrogen-bond donors (Lipinski definition) is 0. The molecule has 0 aromatic rings. The van der Waals surface area contributed by atoms with Crippen molar-refractivity contribution >= 4 is 27.5 Å². The first-order valence-electron chi connectivity index (χ1n) is 3.13. The monoisotopic (exact) mass is 273 g/mol. The van der Waals surface area contributed by atoms with Gasteiger partial charge in [0.25, 0.3) is 0 Å². The van der Waals surface area contributed by atoms with E-state index in [4.69, 9.17) is 9.31 Å². The second-order valence-corrected chi connectivity index (χ2v) is 3.35. The molecule has 0 aromatic carbocycles. The summed E-state index contributed by atoms with van der Waals surface area (Å²) in [6.45, 7) is 8.04. The Morgan fingerprint density at radius 1 is 0.846 bits per heavy atom. The molecule has 0 aromatic heterocycles. The average molecular weight is 274 g/mol. The zero-order valence-corrected chi connectivity index (χ0v) is 12.9. The Hall–Kier alpha value is 1.36. The van der Waals surface area contributed by atoms with E-state index >= 15 is 0 Å². The summed E-state index contributed by atoms with van der Waals surface area (Å²) in [7, 11) is 1.42. The van der Waals surface area contributed by atoms with E-state index in [9.17, 15) is 0 Å². The molecular formula is C7H21BCuO2P2. The fourth-order valence-corrected chi connectivity index (χ4v) is 0.548. The minimum Gasteiger partial charge on any atom is -0.405 e. The van der Waals surface area contributed by atoms with Gasteiger partial charge >= 0.3 is 24.8 Å². The van der Waals surface area contributed by atoms with Crippen LogP contribution >= 0.6 is 19.8 Å². The van der Waals surface area contributed by atoms with Gasteiger partial charge in [-0.3, -0.25) is 0 Å². The van der Waals surface area contributed by atoms with Gasteiger partial charge in [-0.25, -0.2) is 0 Å². The second-order valence-electron chi connectivity index (χ2n) is 3.35. The third-order valence-corrected chi connectivity index (χ3v) is 2.14. The normalized spacial score (nSPS) is 20.6. The molecule has 0 aliphatic carbocycles. The molecule has 0 N–H and O–H groups in total. The van der Waals surface area contributed by atoms with Gasteiger partial charge in [0.05, 0.1) is 11.2 Å². The van der Waals surface area contributed by atoms with Crippen molar-refractivity contribution in [2.24, 2.45) is 0 Å². The van der Waals surface area contributed by atoms with Crippen molar-refractivity contribution in [3.63, 3.8) is 0 Å². The van der Waals surface area contributed by atoms with Crippen molar-refractivity contribution in [2.45, 2.75) is 38.9 Å². The van der Waals surface area contributed by atoms with Crippen molar-refractivity contribution < 1.29 is 26.4 Å². The predicted molar refractivity (Wildman–Crippen MR) is 64.7 cm³/mol. The van der Waals surface area contributed by atoms with E-state index in [1.807, 2.05) is 27.7 Å². The Morgan fingerprint density at radius 2 is 1.08 bits per heavy atom. The van der Waals surface area contributed by atoms with E-state index in [-0.39, 0.29) is 55.5 Å². The standard InChI is InChI=1S/C6H12BO2.CH3.Cu.2H3P/c1-5(2)6(3,4)9-7-8-5;;;;/h1-4H3;1H3;;2*1H3/q;-1;+1;;. The van der Waals surface area contributed by atoms with E-state index in [2.05, 4.69) is 0 Å². The Balaban J connectivity index is -0.000000101. The fraction of sp³-hybridized carbons (Fsp3) is 0.857. The van der Waals surface area contributed by atoms with Crippen LogP contribution in [0, 0.1) is 7.43 Å². The van der Waals surface area contributed by atoms with Gasteiger partial charge < -0.3 is 16.7 Å². The molecule has 1 heterocycles. The van der Waals surface area contributed by atoms with Gasteiger partial charge in [-0.15, -0.1) is 0 Å². The molecule has 6 heteroatoms. The molecule has 2 nitrogen and oxygen atoms in total. The molecule has 13 heavy (non-hydrogen) atoms. The van der Waals surface area contributed by atoms with Gasteiger partial charge in [0.1, 0.15) is 0 Å². The Morgan fingerprint density at radius 3 is 1.15 bits per heavy atom. The maximum atomic E-state index is 5.21. The number of rotatable bonds is 0. The van der Waals surface area contributed by atoms with Crippen molar-refractivity contribution in [1.29, 1.82) is 0 Å². The minimum absolute atomic E-state index is 0. The Bertz CT molecular complexity index is 120. The molecule has 1 aliphatic heterocycles. The Kier molecular flexibility index (Phi) is 14.0. The topological polar surface area (TPSA) is 18.5 Å². The van der Waals surface area contributed by atoms with Crippen molar-refractivity contribution in [3.8, 4) is 0 Å². The molecule has 1 saturated heterocycles. The van der Waals surface area contributed by atoms with Crippen LogP contribution < -0.4 is 0 Å². The second kappa shape index (κ2) is 7.63. The van der Waals surface area contributed by atoms with Gasteiger partial charge in [0.2, 0.25) is 0 Å². The first-order chi connectivity index (χ1) is 3.96. The van der Waals surface area contributed by atoms with Gasteiger partial charge in [0.15, 0.2) is 0 Å². The third-order valence-electron chi connectivity index (χ3n) is 2.14. The summed E-state index contributed by atoms with van der Waals surface area (Å²) in [4.78, 5) is 0. The summed E-state index contributed by atoms with van der Waals surface area (Å²) in [6.07, 6.45) is 0. The molecule has 1 aliphatic rings. The SMILES string of the molecule is CC1(C)O[B]OC1(C)C.P.P.[CH3-].[Cu+]. The molecule has 0 spiro atoms. The van der Waals surface area contributed by atoms with Crippen molar-refractivity contribution in [2.75, 3.05) is 0 Å². The van der Waals surface area contributed by atoms with Crippen LogP contribution in [0.4, 0.5) is 0 Å². The minimum atomic E-state index is -0.188. The van der Waals surface area contributed by atoms with Crippen LogP contribution in [-0.2, 0) is 26.4 Å². The third kappa shape index (κ3) is 5.12. The maximum absolute atomic E-state index is 5.21. The van der Waals surface area contributed by atoms with E-state index in [0.29, 0.717) is 0 Å².